The monoisotopic (exact) mass is 596 g/mol. The van der Waals surface area contributed by atoms with E-state index in [0.29, 0.717) is 6.42 Å². The van der Waals surface area contributed by atoms with E-state index in [1.54, 1.807) is 30.3 Å². The number of carbonyl (C=O) groups is 1. The Hall–Kier alpha value is -2.80. The van der Waals surface area contributed by atoms with E-state index in [-0.39, 0.29) is 17.7 Å². The maximum Gasteiger partial charge on any atom is 0.459 e. The molecule has 0 amide bonds. The molecule has 1 aliphatic heterocycles. The first kappa shape index (κ1) is 32.7. The summed E-state index contributed by atoms with van der Waals surface area (Å²) >= 11 is 0. The summed E-state index contributed by atoms with van der Waals surface area (Å²) in [4.78, 5) is 28.9. The predicted molar refractivity (Wildman–Crippen MR) is 151 cm³/mol. The zero-order valence-electron chi connectivity index (χ0n) is 23.8. The lowest BCUT2D eigenvalue weighted by molar-refractivity contribution is -0.151. The maximum absolute atomic E-state index is 13.9. The van der Waals surface area contributed by atoms with Crippen molar-refractivity contribution in [3.8, 4) is 5.75 Å². The molecular weight excluding hydrogens is 555 g/mol. The maximum atomic E-state index is 13.9. The molecule has 1 saturated heterocycles. The van der Waals surface area contributed by atoms with Crippen molar-refractivity contribution in [3.05, 3.63) is 53.1 Å². The molecule has 0 spiro atoms. The number of benzene rings is 1. The number of unbranched alkanes of at least 4 members (excludes halogenated alkanes) is 1. The number of aliphatic hydroxyl groups is 2. The van der Waals surface area contributed by atoms with Crippen LogP contribution in [0.25, 0.3) is 0 Å². The fourth-order valence-corrected chi connectivity index (χ4v) is 5.94. The minimum Gasteiger partial charge on any atom is -0.461 e. The Morgan fingerprint density at radius 2 is 1.95 bits per heavy atom. The first-order valence-corrected chi connectivity index (χ1v) is 15.3. The van der Waals surface area contributed by atoms with E-state index in [1.165, 1.54) is 26.1 Å². The van der Waals surface area contributed by atoms with Gasteiger partial charge in [-0.25, -0.2) is 9.36 Å². The zero-order chi connectivity index (χ0) is 30.2. The van der Waals surface area contributed by atoms with Gasteiger partial charge in [-0.05, 0) is 44.9 Å². The van der Waals surface area contributed by atoms with Crippen LogP contribution in [0, 0.1) is 0 Å². The van der Waals surface area contributed by atoms with Crippen molar-refractivity contribution in [2.75, 3.05) is 12.3 Å². The zero-order valence-corrected chi connectivity index (χ0v) is 24.7. The highest BCUT2D eigenvalue weighted by molar-refractivity contribution is 7.52. The molecule has 228 valence electrons. The quantitative estimate of drug-likeness (QED) is 0.174. The molecule has 7 atom stereocenters. The molecule has 13 nitrogen and oxygen atoms in total. The summed E-state index contributed by atoms with van der Waals surface area (Å²) in [6, 6.07) is 8.48. The molecule has 41 heavy (non-hydrogen) atoms. The van der Waals surface area contributed by atoms with Crippen molar-refractivity contribution in [3.63, 3.8) is 0 Å². The van der Waals surface area contributed by atoms with Crippen LogP contribution in [-0.2, 0) is 23.4 Å². The number of nitrogens with one attached hydrogen (secondary N) is 1. The minimum absolute atomic E-state index is 0.0200. The Morgan fingerprint density at radius 3 is 2.59 bits per heavy atom. The van der Waals surface area contributed by atoms with Gasteiger partial charge in [0, 0.05) is 6.20 Å². The Bertz CT molecular complexity index is 1240. The summed E-state index contributed by atoms with van der Waals surface area (Å²) in [6.07, 6.45) is 1.02. The van der Waals surface area contributed by atoms with Crippen LogP contribution in [0.3, 0.4) is 0 Å². The van der Waals surface area contributed by atoms with E-state index in [4.69, 9.17) is 24.3 Å². The topological polar surface area (TPSA) is 184 Å². The summed E-state index contributed by atoms with van der Waals surface area (Å²) in [7, 11) is -4.28. The standard InChI is InChI=1S/C27H41N4O9P/c1-5-7-12-19(11-6-2)38-24(33)18(3)30-41(36,40-20-13-9-8-10-14-20)37-17-21-23(32)27(4,35)25(39-21)31-16-15-22(28)29-26(31)34/h8-10,13-16,18-19,21,23,25,32,35H,5-7,11-12,17H2,1-4H3,(H,30,36)(H2,28,29,34)/t18-,19?,21+,23+,25+,27+,41?/m0/s1. The molecule has 0 aliphatic carbocycles. The number of hydrogen-bond donors (Lipinski definition) is 4. The molecule has 0 bridgehead atoms. The smallest absolute Gasteiger partial charge is 0.459 e. The van der Waals surface area contributed by atoms with Gasteiger partial charge in [0.25, 0.3) is 0 Å². The highest BCUT2D eigenvalue weighted by Gasteiger charge is 2.54. The van der Waals surface area contributed by atoms with Crippen molar-refractivity contribution >= 4 is 19.5 Å². The molecule has 2 aromatic rings. The highest BCUT2D eigenvalue weighted by atomic mass is 31.2. The first-order valence-electron chi connectivity index (χ1n) is 13.8. The van der Waals surface area contributed by atoms with Crippen molar-refractivity contribution in [2.45, 2.75) is 96.0 Å². The van der Waals surface area contributed by atoms with Crippen LogP contribution >= 0.6 is 7.75 Å². The largest absolute Gasteiger partial charge is 0.461 e. The second-order valence-corrected chi connectivity index (χ2v) is 12.0. The van der Waals surface area contributed by atoms with E-state index < -0.39 is 56.1 Å². The molecule has 1 fully saturated rings. The van der Waals surface area contributed by atoms with Gasteiger partial charge in [0.1, 0.15) is 41.5 Å². The van der Waals surface area contributed by atoms with E-state index in [1.807, 2.05) is 6.92 Å². The Balaban J connectivity index is 1.76. The van der Waals surface area contributed by atoms with Gasteiger partial charge in [0.2, 0.25) is 0 Å². The second kappa shape index (κ2) is 14.4. The van der Waals surface area contributed by atoms with Crippen molar-refractivity contribution in [1.82, 2.24) is 14.6 Å². The van der Waals surface area contributed by atoms with Gasteiger partial charge in [-0.1, -0.05) is 51.3 Å². The lowest BCUT2D eigenvalue weighted by Crippen LogP contribution is -2.46. The van der Waals surface area contributed by atoms with Gasteiger partial charge < -0.3 is 29.9 Å². The lowest BCUT2D eigenvalue weighted by Gasteiger charge is -2.27. The van der Waals surface area contributed by atoms with Crippen molar-refractivity contribution in [1.29, 1.82) is 0 Å². The molecule has 1 aromatic carbocycles. The van der Waals surface area contributed by atoms with Crippen molar-refractivity contribution in [2.24, 2.45) is 0 Å². The number of para-hydroxylation sites is 1. The number of nitrogen functional groups attached to an aromatic ring is 1. The van der Waals surface area contributed by atoms with Crippen molar-refractivity contribution < 1.29 is 38.1 Å². The normalized spacial score (nSPS) is 25.3. The number of aromatic nitrogens is 2. The predicted octanol–water partition coefficient (Wildman–Crippen LogP) is 2.92. The fraction of sp³-hybridized carbons (Fsp3) is 0.593. The third kappa shape index (κ3) is 8.60. The summed E-state index contributed by atoms with van der Waals surface area (Å²) < 4.78 is 37.7. The van der Waals surface area contributed by atoms with E-state index in [9.17, 15) is 24.4 Å². The molecule has 3 rings (SSSR count). The molecule has 2 heterocycles. The van der Waals surface area contributed by atoms with Crippen LogP contribution in [0.15, 0.2) is 47.4 Å². The first-order chi connectivity index (χ1) is 19.4. The molecule has 2 unspecified atom stereocenters. The third-order valence-electron chi connectivity index (χ3n) is 6.71. The number of rotatable bonds is 15. The number of anilines is 1. The Kier molecular flexibility index (Phi) is 11.5. The summed E-state index contributed by atoms with van der Waals surface area (Å²) in [5.74, 6) is -0.434. The third-order valence-corrected chi connectivity index (χ3v) is 8.36. The van der Waals surface area contributed by atoms with Gasteiger partial charge in [0.15, 0.2) is 6.23 Å². The Labute approximate surface area is 239 Å². The molecular formula is C27H41N4O9P. The minimum atomic E-state index is -4.28. The van der Waals surface area contributed by atoms with E-state index in [0.717, 1.165) is 30.3 Å². The van der Waals surface area contributed by atoms with Crippen LogP contribution in [0.5, 0.6) is 5.75 Å². The summed E-state index contributed by atoms with van der Waals surface area (Å²) in [5, 5.41) is 24.4. The van der Waals surface area contributed by atoms with Gasteiger partial charge >= 0.3 is 19.4 Å². The van der Waals surface area contributed by atoms with E-state index in [2.05, 4.69) is 17.0 Å². The molecule has 14 heteroatoms. The average molecular weight is 597 g/mol. The SMILES string of the molecule is CCCCC(CCC)OC(=O)[C@H](C)NP(=O)(OC[C@H]1O[C@@H](n2ccc(N)nc2=O)[C@](C)(O)[C@@H]1O)Oc1ccccc1. The van der Waals surface area contributed by atoms with Crippen LogP contribution < -0.4 is 21.0 Å². The Morgan fingerprint density at radius 1 is 1.24 bits per heavy atom. The highest BCUT2D eigenvalue weighted by Crippen LogP contribution is 2.47. The molecule has 0 radical (unpaired) electrons. The number of hydrogen-bond acceptors (Lipinski definition) is 11. The van der Waals surface area contributed by atoms with Gasteiger partial charge in [0.05, 0.1) is 6.61 Å². The summed E-state index contributed by atoms with van der Waals surface area (Å²) in [6.45, 7) is 6.30. The van der Waals surface area contributed by atoms with Gasteiger partial charge in [-0.2, -0.15) is 10.1 Å². The van der Waals surface area contributed by atoms with Gasteiger partial charge in [-0.3, -0.25) is 13.9 Å². The lowest BCUT2D eigenvalue weighted by atomic mass is 9.96. The van der Waals surface area contributed by atoms with E-state index >= 15 is 0 Å². The fourth-order valence-electron chi connectivity index (χ4n) is 4.44. The van der Waals surface area contributed by atoms with Crippen LogP contribution in [-0.4, -0.2) is 62.3 Å². The number of aliphatic hydroxyl groups excluding tert-OH is 1. The number of esters is 1. The second-order valence-electron chi connectivity index (χ2n) is 10.3. The molecule has 1 aromatic heterocycles. The summed E-state index contributed by atoms with van der Waals surface area (Å²) in [5.41, 5.74) is 2.81. The number of ether oxygens (including phenoxy) is 2. The number of carbonyl (C=O) groups excluding carboxylic acids is 1. The average Bonchev–Trinajstić information content (AvgIpc) is 3.14. The van der Waals surface area contributed by atoms with Crippen LogP contribution in [0.4, 0.5) is 5.82 Å². The van der Waals surface area contributed by atoms with Crippen LogP contribution in [0.1, 0.15) is 66.0 Å². The van der Waals surface area contributed by atoms with Gasteiger partial charge in [-0.15, -0.1) is 0 Å². The number of nitrogens with zero attached hydrogens (tertiary/aromatic N) is 2. The molecule has 5 N–H and O–H groups in total. The number of nitrogens with two attached hydrogens (primary N) is 1. The molecule has 1 aliphatic rings. The molecule has 0 saturated carbocycles. The van der Waals surface area contributed by atoms with Crippen LogP contribution in [0.2, 0.25) is 0 Å².